The summed E-state index contributed by atoms with van der Waals surface area (Å²) < 4.78 is 14.8. The second-order valence-corrected chi connectivity index (χ2v) is 5.92. The minimum Gasteiger partial charge on any atom is -0.356 e. The summed E-state index contributed by atoms with van der Waals surface area (Å²) in [7, 11) is 0. The van der Waals surface area contributed by atoms with Crippen LogP contribution >= 0.6 is 11.3 Å². The third kappa shape index (κ3) is 3.67. The third-order valence-electron chi connectivity index (χ3n) is 3.19. The smallest absolute Gasteiger partial charge is 0.205 e. The van der Waals surface area contributed by atoms with Crippen LogP contribution in [0.25, 0.3) is 0 Å². The minimum atomic E-state index is -0.226. The lowest BCUT2D eigenvalue weighted by Gasteiger charge is -1.98. The molecule has 0 radical (unpaired) electrons. The van der Waals surface area contributed by atoms with E-state index in [2.05, 4.69) is 27.5 Å². The Labute approximate surface area is 131 Å². The molecule has 3 aromatic rings. The van der Waals surface area contributed by atoms with E-state index in [1.807, 2.05) is 17.1 Å². The van der Waals surface area contributed by atoms with E-state index in [4.69, 9.17) is 0 Å². The van der Waals surface area contributed by atoms with Crippen molar-refractivity contribution in [1.29, 1.82) is 0 Å². The largest absolute Gasteiger partial charge is 0.356 e. The first kappa shape index (κ1) is 14.6. The van der Waals surface area contributed by atoms with E-state index in [1.54, 1.807) is 12.1 Å². The zero-order chi connectivity index (χ0) is 15.4. The Hall–Kier alpha value is -2.28. The molecule has 1 aromatic carbocycles. The molecule has 0 spiro atoms. The molecule has 7 heteroatoms. The zero-order valence-corrected chi connectivity index (χ0v) is 13.0. The Balaban J connectivity index is 1.57. The van der Waals surface area contributed by atoms with E-state index in [0.29, 0.717) is 13.0 Å². The number of nitrogens with zero attached hydrogens (tertiary/aromatic N) is 4. The molecular formula is C15H16FN5S. The van der Waals surface area contributed by atoms with Crippen LogP contribution in [-0.2, 0) is 19.5 Å². The van der Waals surface area contributed by atoms with Crippen molar-refractivity contribution >= 4 is 16.5 Å². The molecule has 22 heavy (non-hydrogen) atoms. The molecule has 0 amide bonds. The number of aromatic nitrogens is 4. The van der Waals surface area contributed by atoms with Gasteiger partial charge in [0.2, 0.25) is 5.13 Å². The molecule has 2 aromatic heterocycles. The van der Waals surface area contributed by atoms with Gasteiger partial charge in [-0.05, 0) is 24.6 Å². The predicted octanol–water partition coefficient (Wildman–Crippen LogP) is 3.10. The van der Waals surface area contributed by atoms with Gasteiger partial charge in [0, 0.05) is 31.3 Å². The van der Waals surface area contributed by atoms with Crippen molar-refractivity contribution in [3.05, 3.63) is 58.6 Å². The third-order valence-corrected chi connectivity index (χ3v) is 4.07. The molecule has 5 nitrogen and oxygen atoms in total. The number of aryl methyl sites for hydroxylation is 1. The Kier molecular flexibility index (Phi) is 4.43. The first-order valence-electron chi connectivity index (χ1n) is 7.05. The molecular weight excluding hydrogens is 301 g/mol. The Morgan fingerprint density at radius 1 is 1.18 bits per heavy atom. The number of anilines is 1. The molecule has 0 saturated carbocycles. The molecule has 0 bridgehead atoms. The van der Waals surface area contributed by atoms with Crippen LogP contribution in [0.4, 0.5) is 9.52 Å². The number of hydrogen-bond donors (Lipinski definition) is 1. The SMILES string of the molecule is CCn1cc(CNc2nnc(Cc3ccc(F)cc3)s2)cn1. The van der Waals surface area contributed by atoms with Crippen LogP contribution in [0.1, 0.15) is 23.1 Å². The molecule has 0 saturated heterocycles. The summed E-state index contributed by atoms with van der Waals surface area (Å²) in [4.78, 5) is 0. The molecule has 0 unspecified atom stereocenters. The van der Waals surface area contributed by atoms with Crippen LogP contribution < -0.4 is 5.32 Å². The van der Waals surface area contributed by atoms with Gasteiger partial charge in [0.1, 0.15) is 10.8 Å². The van der Waals surface area contributed by atoms with Crippen molar-refractivity contribution in [1.82, 2.24) is 20.0 Å². The van der Waals surface area contributed by atoms with Crippen LogP contribution in [0.3, 0.4) is 0 Å². The van der Waals surface area contributed by atoms with Crippen molar-refractivity contribution in [3.8, 4) is 0 Å². The highest BCUT2D eigenvalue weighted by Crippen LogP contribution is 2.19. The lowest BCUT2D eigenvalue weighted by molar-refractivity contribution is 0.627. The molecule has 0 aliphatic rings. The molecule has 114 valence electrons. The van der Waals surface area contributed by atoms with Crippen LogP contribution in [0, 0.1) is 5.82 Å². The molecule has 1 N–H and O–H groups in total. The number of hydrogen-bond acceptors (Lipinski definition) is 5. The number of nitrogens with one attached hydrogen (secondary N) is 1. The molecule has 2 heterocycles. The topological polar surface area (TPSA) is 55.6 Å². The van der Waals surface area contributed by atoms with E-state index in [0.717, 1.165) is 27.8 Å². The van der Waals surface area contributed by atoms with Gasteiger partial charge < -0.3 is 5.32 Å². The van der Waals surface area contributed by atoms with Gasteiger partial charge in [0.15, 0.2) is 0 Å². The molecule has 0 atom stereocenters. The van der Waals surface area contributed by atoms with Crippen LogP contribution in [0.15, 0.2) is 36.7 Å². The first-order chi connectivity index (χ1) is 10.7. The summed E-state index contributed by atoms with van der Waals surface area (Å²) in [5.41, 5.74) is 2.13. The number of halogens is 1. The van der Waals surface area contributed by atoms with Crippen LogP contribution in [0.2, 0.25) is 0 Å². The number of benzene rings is 1. The van der Waals surface area contributed by atoms with E-state index >= 15 is 0 Å². The Bertz CT molecular complexity index is 734. The lowest BCUT2D eigenvalue weighted by atomic mass is 10.2. The molecule has 3 rings (SSSR count). The first-order valence-corrected chi connectivity index (χ1v) is 7.86. The van der Waals surface area contributed by atoms with Gasteiger partial charge in [-0.2, -0.15) is 5.10 Å². The maximum Gasteiger partial charge on any atom is 0.205 e. The van der Waals surface area contributed by atoms with E-state index in [1.165, 1.54) is 23.5 Å². The van der Waals surface area contributed by atoms with Gasteiger partial charge in [0.25, 0.3) is 0 Å². The normalized spacial score (nSPS) is 10.8. The average molecular weight is 317 g/mol. The summed E-state index contributed by atoms with van der Waals surface area (Å²) in [5, 5.41) is 17.4. The van der Waals surface area contributed by atoms with Gasteiger partial charge in [-0.25, -0.2) is 4.39 Å². The second-order valence-electron chi connectivity index (χ2n) is 4.86. The summed E-state index contributed by atoms with van der Waals surface area (Å²) in [6, 6.07) is 6.45. The summed E-state index contributed by atoms with van der Waals surface area (Å²) in [5.74, 6) is -0.226. The standard InChI is InChI=1S/C15H16FN5S/c1-2-21-10-12(9-18-21)8-17-15-20-19-14(22-15)7-11-3-5-13(16)6-4-11/h3-6,9-10H,2,7-8H2,1H3,(H,17,20). The van der Waals surface area contributed by atoms with E-state index < -0.39 is 0 Å². The fraction of sp³-hybridized carbons (Fsp3) is 0.267. The Morgan fingerprint density at radius 2 is 2.00 bits per heavy atom. The van der Waals surface area contributed by atoms with Crippen molar-refractivity contribution in [2.75, 3.05) is 5.32 Å². The highest BCUT2D eigenvalue weighted by Gasteiger charge is 2.06. The number of rotatable bonds is 6. The van der Waals surface area contributed by atoms with Gasteiger partial charge in [-0.3, -0.25) is 4.68 Å². The van der Waals surface area contributed by atoms with Crippen molar-refractivity contribution in [2.45, 2.75) is 26.4 Å². The zero-order valence-electron chi connectivity index (χ0n) is 12.2. The maximum absolute atomic E-state index is 12.9. The monoisotopic (exact) mass is 317 g/mol. The fourth-order valence-electron chi connectivity index (χ4n) is 2.02. The summed E-state index contributed by atoms with van der Waals surface area (Å²) >= 11 is 1.51. The van der Waals surface area contributed by atoms with Crippen LogP contribution in [-0.4, -0.2) is 20.0 Å². The maximum atomic E-state index is 12.9. The summed E-state index contributed by atoms with van der Waals surface area (Å²) in [6.45, 7) is 3.59. The minimum absolute atomic E-state index is 0.226. The second kappa shape index (κ2) is 6.65. The highest BCUT2D eigenvalue weighted by atomic mass is 32.1. The quantitative estimate of drug-likeness (QED) is 0.759. The van der Waals surface area contributed by atoms with Gasteiger partial charge in [0.05, 0.1) is 6.20 Å². The molecule has 0 aliphatic carbocycles. The van der Waals surface area contributed by atoms with Crippen molar-refractivity contribution < 1.29 is 4.39 Å². The van der Waals surface area contributed by atoms with Gasteiger partial charge >= 0.3 is 0 Å². The average Bonchev–Trinajstić information content (AvgIpc) is 3.16. The predicted molar refractivity (Wildman–Crippen MR) is 84.3 cm³/mol. The summed E-state index contributed by atoms with van der Waals surface area (Å²) in [6.07, 6.45) is 4.51. The van der Waals surface area contributed by atoms with Crippen LogP contribution in [0.5, 0.6) is 0 Å². The molecule has 0 aliphatic heterocycles. The van der Waals surface area contributed by atoms with Gasteiger partial charge in [-0.15, -0.1) is 10.2 Å². The van der Waals surface area contributed by atoms with E-state index in [-0.39, 0.29) is 5.82 Å². The van der Waals surface area contributed by atoms with Crippen molar-refractivity contribution in [2.24, 2.45) is 0 Å². The Morgan fingerprint density at radius 3 is 2.73 bits per heavy atom. The van der Waals surface area contributed by atoms with E-state index in [9.17, 15) is 4.39 Å². The van der Waals surface area contributed by atoms with Gasteiger partial charge in [-0.1, -0.05) is 23.5 Å². The fourth-order valence-corrected chi connectivity index (χ4v) is 2.79. The van der Waals surface area contributed by atoms with Crippen molar-refractivity contribution in [3.63, 3.8) is 0 Å². The molecule has 0 fully saturated rings. The highest BCUT2D eigenvalue weighted by molar-refractivity contribution is 7.15. The lowest BCUT2D eigenvalue weighted by Crippen LogP contribution is -1.98.